The van der Waals surface area contributed by atoms with Gasteiger partial charge in [0.25, 0.3) is 11.5 Å². The number of piperidine rings is 1. The lowest BCUT2D eigenvalue weighted by Gasteiger charge is -2.40. The summed E-state index contributed by atoms with van der Waals surface area (Å²) in [4.78, 5) is 42.1. The molecule has 1 spiro atoms. The maximum Gasteiger partial charge on any atom is 0.273 e. The molecule has 1 amide bonds. The number of aromatic nitrogens is 4. The Morgan fingerprint density at radius 3 is 2.76 bits per heavy atom. The van der Waals surface area contributed by atoms with Crippen LogP contribution in [0.2, 0.25) is 0 Å². The van der Waals surface area contributed by atoms with Crippen LogP contribution in [0, 0.1) is 0 Å². The van der Waals surface area contributed by atoms with Crippen molar-refractivity contribution >= 4 is 5.91 Å². The first-order valence-corrected chi connectivity index (χ1v) is 9.90. The Morgan fingerprint density at radius 1 is 1.10 bits per heavy atom. The topological polar surface area (TPSA) is 91.8 Å². The summed E-state index contributed by atoms with van der Waals surface area (Å²) in [6.07, 6.45) is 8.32. The van der Waals surface area contributed by atoms with Crippen LogP contribution in [0.15, 0.2) is 53.7 Å². The molecule has 1 unspecified atom stereocenters. The van der Waals surface area contributed by atoms with E-state index in [4.69, 9.17) is 4.98 Å². The number of nitrogens with zero attached hydrogens (tertiary/aromatic N) is 4. The van der Waals surface area contributed by atoms with E-state index in [1.165, 1.54) is 11.8 Å². The van der Waals surface area contributed by atoms with Crippen LogP contribution in [0.4, 0.5) is 0 Å². The van der Waals surface area contributed by atoms with Crippen LogP contribution in [-0.2, 0) is 11.8 Å². The number of rotatable bonds is 2. The summed E-state index contributed by atoms with van der Waals surface area (Å²) in [7, 11) is 0. The zero-order chi connectivity index (χ0) is 19.8. The number of aromatic amines is 1. The number of amides is 1. The second-order valence-corrected chi connectivity index (χ2v) is 7.84. The van der Waals surface area contributed by atoms with E-state index in [1.807, 2.05) is 41.4 Å². The van der Waals surface area contributed by atoms with E-state index >= 15 is 0 Å². The molecule has 1 fully saturated rings. The van der Waals surface area contributed by atoms with Gasteiger partial charge in [-0.25, -0.2) is 15.0 Å². The first-order valence-electron chi connectivity index (χ1n) is 9.90. The molecule has 0 saturated carbocycles. The maximum absolute atomic E-state index is 13.0. The molecule has 146 valence electrons. The van der Waals surface area contributed by atoms with E-state index in [9.17, 15) is 9.59 Å². The minimum Gasteiger partial charge on any atom is -0.336 e. The average molecular weight is 387 g/mol. The lowest BCUT2D eigenvalue weighted by atomic mass is 9.77. The average Bonchev–Trinajstić information content (AvgIpc) is 3.11. The highest BCUT2D eigenvalue weighted by atomic mass is 16.2. The molecule has 29 heavy (non-hydrogen) atoms. The zero-order valence-electron chi connectivity index (χ0n) is 16.0. The molecule has 1 saturated heterocycles. The molecule has 3 heterocycles. The first kappa shape index (κ1) is 17.7. The van der Waals surface area contributed by atoms with Crippen LogP contribution in [-0.4, -0.2) is 43.8 Å². The highest BCUT2D eigenvalue weighted by Crippen LogP contribution is 2.44. The molecule has 7 nitrogen and oxygen atoms in total. The smallest absolute Gasteiger partial charge is 0.273 e. The largest absolute Gasteiger partial charge is 0.336 e. The van der Waals surface area contributed by atoms with Gasteiger partial charge in [-0.05, 0) is 31.2 Å². The third kappa shape index (κ3) is 3.12. The molecule has 0 radical (unpaired) electrons. The van der Waals surface area contributed by atoms with E-state index in [0.29, 0.717) is 13.1 Å². The third-order valence-electron chi connectivity index (χ3n) is 6.03. The van der Waals surface area contributed by atoms with Gasteiger partial charge < -0.3 is 9.88 Å². The number of hydrogen-bond acceptors (Lipinski definition) is 5. The van der Waals surface area contributed by atoms with Crippen LogP contribution < -0.4 is 5.56 Å². The number of aryl methyl sites for hydroxylation is 1. The lowest BCUT2D eigenvalue weighted by molar-refractivity contribution is 0.0627. The number of hydrogen-bond donors (Lipinski definition) is 1. The molecular weight excluding hydrogens is 366 g/mol. The quantitative estimate of drug-likeness (QED) is 0.729. The summed E-state index contributed by atoms with van der Waals surface area (Å²) in [5.74, 6) is 0.586. The monoisotopic (exact) mass is 387 g/mol. The molecular formula is C22H21N5O2. The predicted octanol–water partition coefficient (Wildman–Crippen LogP) is 2.35. The summed E-state index contributed by atoms with van der Waals surface area (Å²) in [5.41, 5.74) is 3.08. The summed E-state index contributed by atoms with van der Waals surface area (Å²) in [6.45, 7) is 1.30. The molecule has 3 aromatic rings. The van der Waals surface area contributed by atoms with Gasteiger partial charge in [0.2, 0.25) is 0 Å². The van der Waals surface area contributed by atoms with Gasteiger partial charge in [0.1, 0.15) is 5.69 Å². The van der Waals surface area contributed by atoms with E-state index < -0.39 is 0 Å². The Labute approximate surface area is 167 Å². The van der Waals surface area contributed by atoms with Gasteiger partial charge in [0, 0.05) is 36.5 Å². The Bertz CT molecular complexity index is 1100. The minimum absolute atomic E-state index is 0.141. The molecule has 1 aliphatic heterocycles. The fraction of sp³-hybridized carbons (Fsp3) is 0.318. The van der Waals surface area contributed by atoms with Gasteiger partial charge in [-0.1, -0.05) is 30.3 Å². The summed E-state index contributed by atoms with van der Waals surface area (Å²) >= 11 is 0. The Hall–Kier alpha value is -3.35. The van der Waals surface area contributed by atoms with E-state index in [1.54, 1.807) is 0 Å². The van der Waals surface area contributed by atoms with E-state index in [-0.39, 0.29) is 22.6 Å². The predicted molar refractivity (Wildman–Crippen MR) is 107 cm³/mol. The fourth-order valence-corrected chi connectivity index (χ4v) is 4.59. The Morgan fingerprint density at radius 2 is 1.97 bits per heavy atom. The standard InChI is InChI=1S/C22H21N5O2/c28-18-13-23-17(12-24-18)21(29)27-10-4-8-22(14-27)9-7-16-11-25-20(26-19(16)22)15-5-2-1-3-6-15/h1-3,5-6,11-13H,4,7-10,14H2,(H,24,28). The van der Waals surface area contributed by atoms with Crippen molar-refractivity contribution in [2.24, 2.45) is 0 Å². The van der Waals surface area contributed by atoms with Gasteiger partial charge in [0.05, 0.1) is 11.9 Å². The number of H-pyrrole nitrogens is 1. The number of carbonyl (C=O) groups is 1. The number of fused-ring (bicyclic) bond motifs is 2. The normalized spacial score (nSPS) is 20.6. The minimum atomic E-state index is -0.313. The summed E-state index contributed by atoms with van der Waals surface area (Å²) < 4.78 is 0. The van der Waals surface area contributed by atoms with Crippen LogP contribution in [0.25, 0.3) is 11.4 Å². The summed E-state index contributed by atoms with van der Waals surface area (Å²) in [6, 6.07) is 9.98. The van der Waals surface area contributed by atoms with Crippen molar-refractivity contribution in [2.45, 2.75) is 31.1 Å². The maximum atomic E-state index is 13.0. The lowest BCUT2D eigenvalue weighted by Crippen LogP contribution is -2.48. The van der Waals surface area contributed by atoms with Crippen LogP contribution >= 0.6 is 0 Å². The molecule has 7 heteroatoms. The van der Waals surface area contributed by atoms with Crippen molar-refractivity contribution in [2.75, 3.05) is 13.1 Å². The molecule has 2 aliphatic rings. The molecule has 5 rings (SSSR count). The van der Waals surface area contributed by atoms with Gasteiger partial charge in [0.15, 0.2) is 5.82 Å². The number of nitrogens with one attached hydrogen (secondary N) is 1. The molecule has 2 aromatic heterocycles. The van der Waals surface area contributed by atoms with E-state index in [0.717, 1.165) is 49.0 Å². The van der Waals surface area contributed by atoms with E-state index in [2.05, 4.69) is 15.0 Å². The van der Waals surface area contributed by atoms with Crippen molar-refractivity contribution in [3.8, 4) is 11.4 Å². The van der Waals surface area contributed by atoms with Crippen molar-refractivity contribution in [3.63, 3.8) is 0 Å². The van der Waals surface area contributed by atoms with Crippen molar-refractivity contribution in [1.29, 1.82) is 0 Å². The van der Waals surface area contributed by atoms with Gasteiger partial charge >= 0.3 is 0 Å². The fourth-order valence-electron chi connectivity index (χ4n) is 4.59. The molecule has 1 N–H and O–H groups in total. The highest BCUT2D eigenvalue weighted by Gasteiger charge is 2.45. The van der Waals surface area contributed by atoms with Crippen LogP contribution in [0.1, 0.15) is 41.0 Å². The van der Waals surface area contributed by atoms with Gasteiger partial charge in [-0.3, -0.25) is 9.59 Å². The zero-order valence-corrected chi connectivity index (χ0v) is 16.0. The molecule has 1 aliphatic carbocycles. The molecule has 1 atom stereocenters. The second kappa shape index (κ2) is 6.92. The van der Waals surface area contributed by atoms with Crippen LogP contribution in [0.3, 0.4) is 0 Å². The molecule has 0 bridgehead atoms. The van der Waals surface area contributed by atoms with Crippen molar-refractivity contribution < 1.29 is 4.79 Å². The molecule has 1 aromatic carbocycles. The summed E-state index contributed by atoms with van der Waals surface area (Å²) in [5, 5.41) is 0. The van der Waals surface area contributed by atoms with Crippen LogP contribution in [0.5, 0.6) is 0 Å². The van der Waals surface area contributed by atoms with Crippen molar-refractivity contribution in [1.82, 2.24) is 24.8 Å². The first-order chi connectivity index (χ1) is 14.1. The highest BCUT2D eigenvalue weighted by molar-refractivity contribution is 5.92. The SMILES string of the molecule is O=C(c1c[nH]c(=O)cn1)N1CCCC2(CCc3cnc(-c4ccccc4)nc32)C1. The number of benzene rings is 1. The van der Waals surface area contributed by atoms with Crippen molar-refractivity contribution in [3.05, 3.63) is 76.2 Å². The number of carbonyl (C=O) groups excluding carboxylic acids is 1. The van der Waals surface area contributed by atoms with Gasteiger partial charge in [-0.15, -0.1) is 0 Å². The Kier molecular flexibility index (Phi) is 4.23. The second-order valence-electron chi connectivity index (χ2n) is 7.84. The van der Waals surface area contributed by atoms with Gasteiger partial charge in [-0.2, -0.15) is 0 Å². The third-order valence-corrected chi connectivity index (χ3v) is 6.03. The number of likely N-dealkylation sites (tertiary alicyclic amines) is 1. The Balaban J connectivity index is 1.47.